The zero-order valence-electron chi connectivity index (χ0n) is 6.25. The molecule has 0 saturated carbocycles. The molecule has 94 valence electrons. The first-order chi connectivity index (χ1) is 5.66. The van der Waals surface area contributed by atoms with Crippen molar-refractivity contribution >= 4 is 34.7 Å². The molecule has 0 aromatic carbocycles. The van der Waals surface area contributed by atoms with Crippen LogP contribution in [0, 0.1) is 0 Å². The molecule has 0 aliphatic heterocycles. The van der Waals surface area contributed by atoms with Crippen molar-refractivity contribution in [1.82, 2.24) is 0 Å². The molecular formula is H8FeNiO8P4. The molecule has 0 heterocycles. The summed E-state index contributed by atoms with van der Waals surface area (Å²) in [7, 11) is -7.00. The van der Waals surface area contributed by atoms with Crippen molar-refractivity contribution in [3.8, 4) is 0 Å². The van der Waals surface area contributed by atoms with Gasteiger partial charge in [0.25, 0.3) is 0 Å². The van der Waals surface area contributed by atoms with Gasteiger partial charge in [-0.05, 0) is 34.7 Å². The molecule has 0 spiro atoms. The maximum Gasteiger partial charge on any atom is 2.00 e. The van der Waals surface area contributed by atoms with Crippen molar-refractivity contribution in [1.29, 1.82) is 0 Å². The van der Waals surface area contributed by atoms with Crippen molar-refractivity contribution in [2.45, 2.75) is 0 Å². The zero-order valence-corrected chi connectivity index (χ0v) is 13.0. The monoisotopic (exact) mass is 374 g/mol. The first kappa shape index (κ1) is 36.0. The minimum atomic E-state index is -1.75. The molecule has 14 heteroatoms. The maximum atomic E-state index is 8.46. The molecule has 0 rings (SSSR count). The third-order valence-electron chi connectivity index (χ3n) is 0. The Labute approximate surface area is 106 Å². The Morgan fingerprint density at radius 3 is 0.571 bits per heavy atom. The Bertz CT molecular complexity index is 75.3. The molecular weight excluding hydrogens is 366 g/mol. The summed E-state index contributed by atoms with van der Waals surface area (Å²) in [6.07, 6.45) is 0. The quantitative estimate of drug-likeness (QED) is 0.307. The van der Waals surface area contributed by atoms with Gasteiger partial charge in [-0.25, -0.2) is 0 Å². The van der Waals surface area contributed by atoms with Crippen molar-refractivity contribution in [3.63, 3.8) is 0 Å². The molecule has 0 radical (unpaired) electrons. The van der Waals surface area contributed by atoms with Gasteiger partial charge in [0.05, 0.1) is 0 Å². The molecule has 0 aromatic heterocycles. The van der Waals surface area contributed by atoms with Crippen molar-refractivity contribution in [3.05, 3.63) is 0 Å². The smallest absolute Gasteiger partial charge is 0.804 e. The van der Waals surface area contributed by atoms with Crippen LogP contribution < -0.4 is 19.6 Å². The van der Waals surface area contributed by atoms with E-state index in [2.05, 4.69) is 0 Å². The predicted molar refractivity (Wildman–Crippen MR) is 41.6 cm³/mol. The van der Waals surface area contributed by atoms with Crippen LogP contribution in [0.15, 0.2) is 0 Å². The molecule has 4 unspecified atom stereocenters. The van der Waals surface area contributed by atoms with Gasteiger partial charge in [0.15, 0.2) is 0 Å². The second kappa shape index (κ2) is 84.1. The summed E-state index contributed by atoms with van der Waals surface area (Å²) in [5.41, 5.74) is 0. The van der Waals surface area contributed by atoms with Gasteiger partial charge >= 0.3 is 33.6 Å². The van der Waals surface area contributed by atoms with E-state index in [1.165, 1.54) is 0 Å². The van der Waals surface area contributed by atoms with Crippen LogP contribution in [0.4, 0.5) is 0 Å². The molecule has 14 heavy (non-hydrogen) atoms. The van der Waals surface area contributed by atoms with Gasteiger partial charge < -0.3 is 37.8 Å². The van der Waals surface area contributed by atoms with Gasteiger partial charge in [-0.1, -0.05) is 0 Å². The summed E-state index contributed by atoms with van der Waals surface area (Å²) in [6, 6.07) is 0. The fourth-order valence-electron chi connectivity index (χ4n) is 0. The second-order valence-corrected chi connectivity index (χ2v) is 1.15. The Morgan fingerprint density at radius 2 is 0.571 bits per heavy atom. The van der Waals surface area contributed by atoms with Gasteiger partial charge in [-0.15, -0.1) is 0 Å². The Kier molecular flexibility index (Phi) is 216. The fraction of sp³-hybridized carbons (Fsp3) is 0. The van der Waals surface area contributed by atoms with Gasteiger partial charge in [0.2, 0.25) is 0 Å². The zero-order chi connectivity index (χ0) is 10.8. The van der Waals surface area contributed by atoms with E-state index in [1.54, 1.807) is 0 Å². The minimum absolute atomic E-state index is 0. The first-order valence-electron chi connectivity index (χ1n) is 1.89. The fourth-order valence-corrected chi connectivity index (χ4v) is 0. The molecule has 0 bridgehead atoms. The van der Waals surface area contributed by atoms with E-state index in [0.717, 1.165) is 0 Å². The average Bonchev–Trinajstić information content (AvgIpc) is 1.92. The van der Waals surface area contributed by atoms with Gasteiger partial charge in [0.1, 0.15) is 0 Å². The van der Waals surface area contributed by atoms with E-state index >= 15 is 0 Å². The van der Waals surface area contributed by atoms with Crippen LogP contribution in [-0.2, 0) is 51.8 Å². The first-order valence-corrected chi connectivity index (χ1v) is 5.66. The third-order valence-corrected chi connectivity index (χ3v) is 0. The second-order valence-electron chi connectivity index (χ2n) is 0.385. The van der Waals surface area contributed by atoms with Crippen LogP contribution in [-0.4, -0.2) is 0 Å². The molecule has 0 aliphatic carbocycles. The van der Waals surface area contributed by atoms with E-state index in [-0.39, 0.29) is 33.6 Å². The Morgan fingerprint density at radius 1 is 0.571 bits per heavy atom. The largest absolute Gasteiger partial charge is 2.00 e. The molecule has 0 aliphatic rings. The molecule has 8 nitrogen and oxygen atoms in total. The van der Waals surface area contributed by atoms with Gasteiger partial charge in [0, 0.05) is 0 Å². The average molecular weight is 374 g/mol. The maximum absolute atomic E-state index is 8.46. The molecule has 4 atom stereocenters. The van der Waals surface area contributed by atoms with Crippen LogP contribution in [0.1, 0.15) is 0 Å². The van der Waals surface area contributed by atoms with Crippen LogP contribution in [0.3, 0.4) is 0 Å². The number of hydrogen-bond donors (Lipinski definition) is 0. The molecule has 0 aromatic rings. The number of hydrogen-bond acceptors (Lipinski definition) is 8. The summed E-state index contributed by atoms with van der Waals surface area (Å²) in [4.78, 5) is 33.8. The summed E-state index contributed by atoms with van der Waals surface area (Å²) in [5, 5.41) is 0. The van der Waals surface area contributed by atoms with Crippen LogP contribution in [0.25, 0.3) is 0 Å². The predicted octanol–water partition coefficient (Wildman–Crippen LogP) is -3.93. The SMILES string of the molecule is O=[PH2][O-].O=[PH2][O-].O=[PH2][O-].O=[PH2][O-].[Fe+2].[Ni+2]. The summed E-state index contributed by atoms with van der Waals surface area (Å²) < 4.78 is 33.8. The number of rotatable bonds is 0. The van der Waals surface area contributed by atoms with Crippen LogP contribution >= 0.6 is 34.7 Å². The van der Waals surface area contributed by atoms with Crippen LogP contribution in [0.5, 0.6) is 0 Å². The molecule has 0 amide bonds. The summed E-state index contributed by atoms with van der Waals surface area (Å²) >= 11 is 0. The molecule has 0 N–H and O–H groups in total. The van der Waals surface area contributed by atoms with E-state index in [1.807, 2.05) is 0 Å². The molecule has 0 saturated heterocycles. The van der Waals surface area contributed by atoms with E-state index in [9.17, 15) is 0 Å². The van der Waals surface area contributed by atoms with Crippen molar-refractivity contribution < 1.29 is 71.4 Å². The molecule has 0 fully saturated rings. The summed E-state index contributed by atoms with van der Waals surface area (Å²) in [6.45, 7) is 0. The van der Waals surface area contributed by atoms with Crippen molar-refractivity contribution in [2.24, 2.45) is 0 Å². The van der Waals surface area contributed by atoms with Gasteiger partial charge in [-0.2, -0.15) is 0 Å². The standard InChI is InChI=1S/Fe.Ni.4H3O2P/c;;4*1-3-2/h;;4*3H2,(H,1,2)/q2*+2;;;;/p-4. The van der Waals surface area contributed by atoms with Gasteiger partial charge in [-0.3, -0.25) is 0 Å². The van der Waals surface area contributed by atoms with E-state index < -0.39 is 34.7 Å². The van der Waals surface area contributed by atoms with Crippen molar-refractivity contribution in [2.75, 3.05) is 0 Å². The topological polar surface area (TPSA) is 161 Å². The third kappa shape index (κ3) is 715. The normalized spacial score (nSPS) is 8.29. The van der Waals surface area contributed by atoms with E-state index in [4.69, 9.17) is 37.8 Å². The summed E-state index contributed by atoms with van der Waals surface area (Å²) in [5.74, 6) is 0. The van der Waals surface area contributed by atoms with E-state index in [0.29, 0.717) is 0 Å². The minimum Gasteiger partial charge on any atom is -0.804 e. The Hall–Kier alpha value is 1.77. The Balaban J connectivity index is -0.0000000145. The van der Waals surface area contributed by atoms with Crippen LogP contribution in [0.2, 0.25) is 0 Å².